The van der Waals surface area contributed by atoms with E-state index in [1.54, 1.807) is 12.3 Å². The average Bonchev–Trinajstić information content (AvgIpc) is 3.30. The zero-order chi connectivity index (χ0) is 18.2. The van der Waals surface area contributed by atoms with E-state index in [1.807, 2.05) is 24.3 Å². The van der Waals surface area contributed by atoms with Gasteiger partial charge in [-0.2, -0.15) is 0 Å². The van der Waals surface area contributed by atoms with Crippen LogP contribution in [0, 0.1) is 0 Å². The second-order valence-electron chi connectivity index (χ2n) is 5.86. The quantitative estimate of drug-likeness (QED) is 0.585. The molecule has 0 saturated carbocycles. The van der Waals surface area contributed by atoms with Gasteiger partial charge in [-0.3, -0.25) is 4.79 Å². The first-order chi connectivity index (χ1) is 12.8. The molecule has 26 heavy (non-hydrogen) atoms. The summed E-state index contributed by atoms with van der Waals surface area (Å²) in [6.45, 7) is 3.36. The molecule has 7 heteroatoms. The summed E-state index contributed by atoms with van der Waals surface area (Å²) < 4.78 is 7.32. The summed E-state index contributed by atoms with van der Waals surface area (Å²) in [5.74, 6) is 1.91. The highest BCUT2D eigenvalue weighted by molar-refractivity contribution is 7.99. The molecule has 0 unspecified atom stereocenters. The molecule has 1 aromatic carbocycles. The number of rotatable bonds is 9. The molecule has 0 saturated heterocycles. The second kappa shape index (κ2) is 9.24. The van der Waals surface area contributed by atoms with Crippen molar-refractivity contribution in [3.63, 3.8) is 0 Å². The summed E-state index contributed by atoms with van der Waals surface area (Å²) >= 11 is 1.41. The van der Waals surface area contributed by atoms with Gasteiger partial charge >= 0.3 is 0 Å². The maximum absolute atomic E-state index is 12.0. The number of carbonyl (C=O) groups excluding carboxylic acids is 1. The lowest BCUT2D eigenvalue weighted by atomic mass is 10.1. The first-order valence-electron chi connectivity index (χ1n) is 8.64. The molecule has 6 nitrogen and oxygen atoms in total. The van der Waals surface area contributed by atoms with Crippen molar-refractivity contribution in [3.8, 4) is 0 Å². The van der Waals surface area contributed by atoms with Crippen molar-refractivity contribution < 1.29 is 9.21 Å². The molecule has 3 aromatic rings. The topological polar surface area (TPSA) is 73.0 Å². The molecule has 2 aromatic heterocycles. The molecular weight excluding hydrogens is 348 g/mol. The van der Waals surface area contributed by atoms with Crippen LogP contribution >= 0.6 is 11.8 Å². The second-order valence-corrected chi connectivity index (χ2v) is 6.80. The highest BCUT2D eigenvalue weighted by Gasteiger charge is 2.14. The van der Waals surface area contributed by atoms with Gasteiger partial charge < -0.3 is 14.3 Å². The smallest absolute Gasteiger partial charge is 0.230 e. The fourth-order valence-corrected chi connectivity index (χ4v) is 3.38. The van der Waals surface area contributed by atoms with Crippen molar-refractivity contribution in [2.24, 2.45) is 0 Å². The Hall–Kier alpha value is -2.54. The number of carbonyl (C=O) groups is 1. The number of hydrogen-bond donors (Lipinski definition) is 1. The molecule has 0 bridgehead atoms. The van der Waals surface area contributed by atoms with Gasteiger partial charge in [-0.05, 0) is 24.1 Å². The Labute approximate surface area is 157 Å². The van der Waals surface area contributed by atoms with E-state index in [9.17, 15) is 4.79 Å². The van der Waals surface area contributed by atoms with Crippen LogP contribution in [0.15, 0.2) is 58.3 Å². The minimum Gasteiger partial charge on any atom is -0.467 e. The number of nitrogens with zero attached hydrogens (tertiary/aromatic N) is 3. The van der Waals surface area contributed by atoms with Crippen molar-refractivity contribution in [1.29, 1.82) is 0 Å². The molecule has 0 spiro atoms. The number of amides is 1. The predicted molar refractivity (Wildman–Crippen MR) is 101 cm³/mol. The lowest BCUT2D eigenvalue weighted by molar-refractivity contribution is -0.118. The van der Waals surface area contributed by atoms with Crippen LogP contribution in [0.25, 0.3) is 0 Å². The highest BCUT2D eigenvalue weighted by atomic mass is 32.2. The zero-order valence-corrected chi connectivity index (χ0v) is 15.5. The molecular formula is C19H22N4O2S. The van der Waals surface area contributed by atoms with Crippen molar-refractivity contribution in [2.75, 3.05) is 5.75 Å². The van der Waals surface area contributed by atoms with E-state index in [0.29, 0.717) is 12.3 Å². The number of hydrogen-bond acceptors (Lipinski definition) is 5. The van der Waals surface area contributed by atoms with Crippen molar-refractivity contribution in [2.45, 2.75) is 38.0 Å². The molecule has 2 heterocycles. The van der Waals surface area contributed by atoms with Gasteiger partial charge in [0.2, 0.25) is 5.91 Å². The summed E-state index contributed by atoms with van der Waals surface area (Å²) in [6, 6.07) is 13.9. The standard InChI is InChI=1S/C19H22N4O2S/c1-2-10-23-17(12-15-7-4-3-5-8-15)21-22-19(23)26-14-18(24)20-13-16-9-6-11-25-16/h3-9,11H,2,10,12-14H2,1H3,(H,20,24). The summed E-state index contributed by atoms with van der Waals surface area (Å²) in [4.78, 5) is 12.0. The van der Waals surface area contributed by atoms with Crippen LogP contribution in [0.2, 0.25) is 0 Å². The molecule has 1 N–H and O–H groups in total. The number of aromatic nitrogens is 3. The third kappa shape index (κ3) is 4.98. The molecule has 0 radical (unpaired) electrons. The van der Waals surface area contributed by atoms with E-state index in [4.69, 9.17) is 4.42 Å². The van der Waals surface area contributed by atoms with Gasteiger partial charge in [-0.15, -0.1) is 10.2 Å². The van der Waals surface area contributed by atoms with Crippen LogP contribution in [-0.4, -0.2) is 26.4 Å². The van der Waals surface area contributed by atoms with Gasteiger partial charge in [-0.1, -0.05) is 49.0 Å². The van der Waals surface area contributed by atoms with Crippen LogP contribution in [0.1, 0.15) is 30.5 Å². The van der Waals surface area contributed by atoms with E-state index < -0.39 is 0 Å². The number of nitrogens with one attached hydrogen (secondary N) is 1. The van der Waals surface area contributed by atoms with Gasteiger partial charge in [0, 0.05) is 13.0 Å². The molecule has 0 atom stereocenters. The largest absolute Gasteiger partial charge is 0.467 e. The van der Waals surface area contributed by atoms with Crippen LogP contribution in [0.5, 0.6) is 0 Å². The van der Waals surface area contributed by atoms with Crippen molar-refractivity contribution in [1.82, 2.24) is 20.1 Å². The van der Waals surface area contributed by atoms with Crippen LogP contribution in [0.4, 0.5) is 0 Å². The molecule has 0 aliphatic rings. The van der Waals surface area contributed by atoms with E-state index >= 15 is 0 Å². The Bertz CT molecular complexity index is 815. The minimum atomic E-state index is -0.0537. The molecule has 0 fully saturated rings. The van der Waals surface area contributed by atoms with Crippen molar-refractivity contribution >= 4 is 17.7 Å². The van der Waals surface area contributed by atoms with E-state index in [1.165, 1.54) is 17.3 Å². The van der Waals surface area contributed by atoms with E-state index in [2.05, 4.69) is 39.1 Å². The molecule has 3 rings (SSSR count). The Kier molecular flexibility index (Phi) is 6.49. The Morgan fingerprint density at radius 1 is 1.19 bits per heavy atom. The summed E-state index contributed by atoms with van der Waals surface area (Å²) in [7, 11) is 0. The normalized spacial score (nSPS) is 10.8. The Morgan fingerprint density at radius 2 is 2.04 bits per heavy atom. The molecule has 1 amide bonds. The van der Waals surface area contributed by atoms with Crippen LogP contribution in [0.3, 0.4) is 0 Å². The number of furan rings is 1. The Balaban J connectivity index is 1.59. The minimum absolute atomic E-state index is 0.0537. The van der Waals surface area contributed by atoms with Gasteiger partial charge in [0.05, 0.1) is 18.6 Å². The van der Waals surface area contributed by atoms with Crippen LogP contribution < -0.4 is 5.32 Å². The first-order valence-corrected chi connectivity index (χ1v) is 9.62. The van der Waals surface area contributed by atoms with E-state index in [-0.39, 0.29) is 5.91 Å². The molecule has 0 aliphatic heterocycles. The Morgan fingerprint density at radius 3 is 2.77 bits per heavy atom. The van der Waals surface area contributed by atoms with Gasteiger partial charge in [0.15, 0.2) is 5.16 Å². The fourth-order valence-electron chi connectivity index (χ4n) is 2.56. The first kappa shape index (κ1) is 18.3. The highest BCUT2D eigenvalue weighted by Crippen LogP contribution is 2.19. The average molecular weight is 370 g/mol. The van der Waals surface area contributed by atoms with Crippen molar-refractivity contribution in [3.05, 3.63) is 65.9 Å². The van der Waals surface area contributed by atoms with Gasteiger partial charge in [-0.25, -0.2) is 0 Å². The number of benzene rings is 1. The monoisotopic (exact) mass is 370 g/mol. The third-order valence-corrected chi connectivity index (χ3v) is 4.78. The zero-order valence-electron chi connectivity index (χ0n) is 14.7. The van der Waals surface area contributed by atoms with Gasteiger partial charge in [0.25, 0.3) is 0 Å². The maximum Gasteiger partial charge on any atom is 0.230 e. The summed E-state index contributed by atoms with van der Waals surface area (Å²) in [5, 5.41) is 12.3. The van der Waals surface area contributed by atoms with Gasteiger partial charge in [0.1, 0.15) is 11.6 Å². The fraction of sp³-hybridized carbons (Fsp3) is 0.316. The number of thioether (sulfide) groups is 1. The lowest BCUT2D eigenvalue weighted by Gasteiger charge is -2.09. The SMILES string of the molecule is CCCn1c(Cc2ccccc2)nnc1SCC(=O)NCc1ccco1. The van der Waals surface area contributed by atoms with E-state index in [0.717, 1.165) is 36.1 Å². The third-order valence-electron chi connectivity index (χ3n) is 3.82. The lowest BCUT2D eigenvalue weighted by Crippen LogP contribution is -2.24. The predicted octanol–water partition coefficient (Wildman–Crippen LogP) is 3.28. The van der Waals surface area contributed by atoms with Crippen LogP contribution in [-0.2, 0) is 24.3 Å². The maximum atomic E-state index is 12.0. The molecule has 136 valence electrons. The summed E-state index contributed by atoms with van der Waals surface area (Å²) in [6.07, 6.45) is 3.31. The molecule has 0 aliphatic carbocycles. The summed E-state index contributed by atoms with van der Waals surface area (Å²) in [5.41, 5.74) is 1.20.